The third-order valence-electron chi connectivity index (χ3n) is 2.23. The van der Waals surface area contributed by atoms with Crippen LogP contribution in [-0.2, 0) is 0 Å². The molecule has 0 aromatic carbocycles. The average molecular weight is 325 g/mol. The number of thiophene rings is 1. The Morgan fingerprint density at radius 1 is 1.33 bits per heavy atom. The molecule has 0 amide bonds. The van der Waals surface area contributed by atoms with E-state index in [-0.39, 0.29) is 11.9 Å². The molecule has 18 heavy (non-hydrogen) atoms. The Kier molecular flexibility index (Phi) is 4.14. The van der Waals surface area contributed by atoms with Crippen molar-refractivity contribution in [2.45, 2.75) is 19.9 Å². The van der Waals surface area contributed by atoms with Crippen molar-refractivity contribution in [1.82, 2.24) is 4.57 Å². The second-order valence-electron chi connectivity index (χ2n) is 4.06. The van der Waals surface area contributed by atoms with E-state index in [0.29, 0.717) is 10.4 Å². The fourth-order valence-corrected chi connectivity index (χ4v) is 2.85. The molecule has 2 heterocycles. The normalized spacial score (nSPS) is 12.1. The minimum Gasteiger partial charge on any atom is -0.267 e. The highest BCUT2D eigenvalue weighted by Gasteiger charge is 2.11. The van der Waals surface area contributed by atoms with Crippen molar-refractivity contribution in [3.05, 3.63) is 50.7 Å². The molecule has 0 bridgehead atoms. The average Bonchev–Trinajstić information content (AvgIpc) is 2.75. The molecule has 0 aliphatic carbocycles. The molecule has 0 atom stereocenters. The first-order valence-corrected chi connectivity index (χ1v) is 7.20. The molecule has 94 valence electrons. The monoisotopic (exact) mass is 324 g/mol. The van der Waals surface area contributed by atoms with Crippen molar-refractivity contribution in [3.8, 4) is 0 Å². The van der Waals surface area contributed by atoms with Gasteiger partial charge in [-0.25, -0.2) is 0 Å². The summed E-state index contributed by atoms with van der Waals surface area (Å²) < 4.78 is 2.53. The highest BCUT2D eigenvalue weighted by atomic mass is 79.9. The summed E-state index contributed by atoms with van der Waals surface area (Å²) in [4.78, 5) is 17.5. The summed E-state index contributed by atoms with van der Waals surface area (Å²) in [5, 5.41) is 0. The molecule has 0 spiro atoms. The van der Waals surface area contributed by atoms with Crippen LogP contribution in [0, 0.1) is 0 Å². The summed E-state index contributed by atoms with van der Waals surface area (Å²) in [6.07, 6.45) is 1.75. The van der Waals surface area contributed by atoms with Crippen LogP contribution in [0.4, 0.5) is 0 Å². The number of halogens is 1. The van der Waals surface area contributed by atoms with Crippen LogP contribution in [0.15, 0.2) is 45.3 Å². The Morgan fingerprint density at radius 3 is 2.72 bits per heavy atom. The van der Waals surface area contributed by atoms with Crippen molar-refractivity contribution in [1.29, 1.82) is 0 Å². The lowest BCUT2D eigenvalue weighted by Crippen LogP contribution is -2.27. The molecule has 0 unspecified atom stereocenters. The van der Waals surface area contributed by atoms with Crippen LogP contribution in [0.5, 0.6) is 0 Å². The van der Waals surface area contributed by atoms with Crippen LogP contribution in [0.25, 0.3) is 0 Å². The van der Waals surface area contributed by atoms with Crippen molar-refractivity contribution < 1.29 is 4.79 Å². The van der Waals surface area contributed by atoms with Gasteiger partial charge in [-0.1, -0.05) is 6.07 Å². The lowest BCUT2D eigenvalue weighted by atomic mass is 10.4. The molecule has 2 aromatic heterocycles. The summed E-state index contributed by atoms with van der Waals surface area (Å²) in [5.74, 6) is -0.0503. The number of nitrogens with zero attached hydrogens (tertiary/aromatic N) is 2. The van der Waals surface area contributed by atoms with E-state index in [1.807, 2.05) is 44.2 Å². The van der Waals surface area contributed by atoms with Gasteiger partial charge in [-0.2, -0.15) is 0 Å². The quantitative estimate of drug-likeness (QED) is 0.834. The molecule has 0 radical (unpaired) electrons. The lowest BCUT2D eigenvalue weighted by Gasteiger charge is -2.05. The summed E-state index contributed by atoms with van der Waals surface area (Å²) in [5.41, 5.74) is 0.682. The van der Waals surface area contributed by atoms with Crippen molar-refractivity contribution >= 4 is 33.2 Å². The summed E-state index contributed by atoms with van der Waals surface area (Å²) >= 11 is 4.79. The second-order valence-corrected chi connectivity index (χ2v) is 6.52. The zero-order valence-electron chi connectivity index (χ0n) is 10.1. The van der Waals surface area contributed by atoms with Gasteiger partial charge in [-0.3, -0.25) is 14.4 Å². The standard InChI is InChI=1S/C13H13BrN2OS/c1-9(2)15-12-5-3-4-8-16(12)13(17)10-6-7-11(14)18-10/h3-9H,1-2H3. The van der Waals surface area contributed by atoms with Gasteiger partial charge in [-0.05, 0) is 54.0 Å². The van der Waals surface area contributed by atoms with Crippen LogP contribution in [0.1, 0.15) is 23.5 Å². The van der Waals surface area contributed by atoms with E-state index in [4.69, 9.17) is 0 Å². The van der Waals surface area contributed by atoms with Crippen molar-refractivity contribution in [2.75, 3.05) is 0 Å². The number of hydrogen-bond acceptors (Lipinski definition) is 3. The maximum absolute atomic E-state index is 12.4. The molecule has 5 heteroatoms. The van der Waals surface area contributed by atoms with Gasteiger partial charge in [0, 0.05) is 12.2 Å². The van der Waals surface area contributed by atoms with Crippen molar-refractivity contribution in [2.24, 2.45) is 4.99 Å². The predicted octanol–water partition coefficient (Wildman–Crippen LogP) is 3.31. The number of hydrogen-bond donors (Lipinski definition) is 0. The molecule has 0 fully saturated rings. The fraction of sp³-hybridized carbons (Fsp3) is 0.231. The summed E-state index contributed by atoms with van der Waals surface area (Å²) in [6, 6.07) is 9.41. The molecule has 2 aromatic rings. The molecule has 0 aliphatic rings. The zero-order valence-corrected chi connectivity index (χ0v) is 12.5. The van der Waals surface area contributed by atoms with Crippen molar-refractivity contribution in [3.63, 3.8) is 0 Å². The van der Waals surface area contributed by atoms with Crippen LogP contribution >= 0.6 is 27.3 Å². The highest BCUT2D eigenvalue weighted by molar-refractivity contribution is 9.11. The Hall–Kier alpha value is -1.20. The van der Waals surface area contributed by atoms with Gasteiger partial charge in [0.25, 0.3) is 5.91 Å². The first-order chi connectivity index (χ1) is 8.58. The van der Waals surface area contributed by atoms with Crippen LogP contribution < -0.4 is 5.49 Å². The maximum atomic E-state index is 12.4. The van der Waals surface area contributed by atoms with E-state index in [9.17, 15) is 4.79 Å². The third kappa shape index (κ3) is 2.97. The van der Waals surface area contributed by atoms with Gasteiger partial charge in [0.05, 0.1) is 8.66 Å². The van der Waals surface area contributed by atoms with Gasteiger partial charge >= 0.3 is 0 Å². The summed E-state index contributed by atoms with van der Waals surface area (Å²) in [7, 11) is 0. The van der Waals surface area contributed by atoms with E-state index in [0.717, 1.165) is 3.79 Å². The maximum Gasteiger partial charge on any atom is 0.273 e. The third-order valence-corrected chi connectivity index (χ3v) is 3.84. The zero-order chi connectivity index (χ0) is 13.1. The number of pyridine rings is 1. The van der Waals surface area contributed by atoms with Gasteiger partial charge < -0.3 is 0 Å². The molecule has 0 N–H and O–H groups in total. The second kappa shape index (κ2) is 5.63. The Balaban J connectivity index is 2.49. The predicted molar refractivity (Wildman–Crippen MR) is 76.9 cm³/mol. The van der Waals surface area contributed by atoms with Gasteiger partial charge in [-0.15, -0.1) is 11.3 Å². The minimum absolute atomic E-state index is 0.0503. The van der Waals surface area contributed by atoms with Gasteiger partial charge in [0.15, 0.2) is 0 Å². The molecule has 2 rings (SSSR count). The van der Waals surface area contributed by atoms with Crippen LogP contribution in [0.2, 0.25) is 0 Å². The number of rotatable bonds is 2. The smallest absolute Gasteiger partial charge is 0.267 e. The first-order valence-electron chi connectivity index (χ1n) is 5.59. The molecule has 0 saturated heterocycles. The van der Waals surface area contributed by atoms with Crippen LogP contribution in [0.3, 0.4) is 0 Å². The number of carbonyl (C=O) groups excluding carboxylic acids is 1. The van der Waals surface area contributed by atoms with E-state index in [1.165, 1.54) is 11.3 Å². The van der Waals surface area contributed by atoms with E-state index in [1.54, 1.807) is 10.8 Å². The molecule has 0 aliphatic heterocycles. The van der Waals surface area contributed by atoms with E-state index in [2.05, 4.69) is 20.9 Å². The van der Waals surface area contributed by atoms with E-state index < -0.39 is 0 Å². The summed E-state index contributed by atoms with van der Waals surface area (Å²) in [6.45, 7) is 3.98. The largest absolute Gasteiger partial charge is 0.273 e. The fourth-order valence-electron chi connectivity index (χ4n) is 1.52. The molecular formula is C13H13BrN2OS. The molecule has 3 nitrogen and oxygen atoms in total. The highest BCUT2D eigenvalue weighted by Crippen LogP contribution is 2.22. The van der Waals surface area contributed by atoms with Gasteiger partial charge in [0.2, 0.25) is 0 Å². The van der Waals surface area contributed by atoms with E-state index >= 15 is 0 Å². The van der Waals surface area contributed by atoms with Crippen LogP contribution in [-0.4, -0.2) is 16.5 Å². The number of aromatic nitrogens is 1. The van der Waals surface area contributed by atoms with Gasteiger partial charge in [0.1, 0.15) is 5.49 Å². The Bertz CT molecular complexity index is 628. The number of carbonyl (C=O) groups is 1. The SMILES string of the molecule is CC(C)N=c1ccccn1C(=O)c1ccc(Br)s1. The lowest BCUT2D eigenvalue weighted by molar-refractivity contribution is 0.0958. The molecular weight excluding hydrogens is 312 g/mol. The topological polar surface area (TPSA) is 34.4 Å². The minimum atomic E-state index is -0.0503. The Labute approximate surface area is 118 Å². The molecule has 0 saturated carbocycles. The Morgan fingerprint density at radius 2 is 2.11 bits per heavy atom. The first kappa shape index (κ1) is 13.2.